The minimum absolute atomic E-state index is 0.0755. The van der Waals surface area contributed by atoms with E-state index in [1.807, 2.05) is 24.3 Å². The van der Waals surface area contributed by atoms with Crippen molar-refractivity contribution in [2.75, 3.05) is 14.1 Å². The van der Waals surface area contributed by atoms with E-state index < -0.39 is 6.04 Å². The van der Waals surface area contributed by atoms with Crippen LogP contribution in [-0.2, 0) is 10.2 Å². The molecule has 94 valence electrons. The summed E-state index contributed by atoms with van der Waals surface area (Å²) in [5.74, 6) is -0.0755. The molecule has 1 aromatic carbocycles. The van der Waals surface area contributed by atoms with Gasteiger partial charge in [-0.25, -0.2) is 0 Å². The zero-order chi connectivity index (χ0) is 13.2. The van der Waals surface area contributed by atoms with Crippen LogP contribution >= 0.6 is 0 Å². The molecule has 3 heteroatoms. The molecular formula is C14H22N2O. The Balaban J connectivity index is 2.92. The van der Waals surface area contributed by atoms with Crippen molar-refractivity contribution in [2.45, 2.75) is 32.2 Å². The van der Waals surface area contributed by atoms with Crippen molar-refractivity contribution < 1.29 is 4.79 Å². The van der Waals surface area contributed by atoms with Crippen molar-refractivity contribution in [2.24, 2.45) is 5.73 Å². The van der Waals surface area contributed by atoms with Crippen molar-refractivity contribution in [3.63, 3.8) is 0 Å². The fourth-order valence-electron chi connectivity index (χ4n) is 1.61. The highest BCUT2D eigenvalue weighted by molar-refractivity contribution is 5.82. The van der Waals surface area contributed by atoms with Crippen molar-refractivity contribution in [1.29, 1.82) is 0 Å². The highest BCUT2D eigenvalue weighted by Crippen LogP contribution is 2.23. The smallest absolute Gasteiger partial charge is 0.243 e. The molecule has 0 saturated carbocycles. The van der Waals surface area contributed by atoms with Gasteiger partial charge in [0.2, 0.25) is 5.91 Å². The summed E-state index contributed by atoms with van der Waals surface area (Å²) in [5, 5.41) is 0. The van der Waals surface area contributed by atoms with Crippen LogP contribution in [0.5, 0.6) is 0 Å². The number of likely N-dealkylation sites (N-methyl/N-ethyl adjacent to an activating group) is 1. The van der Waals surface area contributed by atoms with Crippen molar-refractivity contribution in [3.8, 4) is 0 Å². The summed E-state index contributed by atoms with van der Waals surface area (Å²) in [6.07, 6.45) is 0. The van der Waals surface area contributed by atoms with Crippen LogP contribution in [0.1, 0.15) is 37.9 Å². The first kappa shape index (κ1) is 13.7. The summed E-state index contributed by atoms with van der Waals surface area (Å²) in [7, 11) is 3.43. The summed E-state index contributed by atoms with van der Waals surface area (Å²) in [6, 6.07) is 7.38. The normalized spacial score (nSPS) is 13.3. The van der Waals surface area contributed by atoms with E-state index >= 15 is 0 Å². The zero-order valence-electron chi connectivity index (χ0n) is 11.3. The van der Waals surface area contributed by atoms with E-state index in [-0.39, 0.29) is 11.3 Å². The zero-order valence-corrected chi connectivity index (χ0v) is 11.3. The number of hydrogen-bond acceptors (Lipinski definition) is 2. The van der Waals surface area contributed by atoms with Crippen LogP contribution in [-0.4, -0.2) is 24.9 Å². The van der Waals surface area contributed by atoms with Gasteiger partial charge in [-0.3, -0.25) is 4.79 Å². The minimum atomic E-state index is -0.570. The van der Waals surface area contributed by atoms with Gasteiger partial charge in [0.25, 0.3) is 0 Å². The lowest BCUT2D eigenvalue weighted by Crippen LogP contribution is -2.33. The summed E-state index contributed by atoms with van der Waals surface area (Å²) in [6.45, 7) is 6.48. The maximum absolute atomic E-state index is 11.7. The van der Waals surface area contributed by atoms with Gasteiger partial charge in [0.05, 0.1) is 0 Å². The van der Waals surface area contributed by atoms with Crippen LogP contribution in [0.25, 0.3) is 0 Å². The van der Waals surface area contributed by atoms with Crippen LogP contribution in [0.15, 0.2) is 24.3 Å². The molecule has 0 heterocycles. The molecule has 0 aliphatic rings. The van der Waals surface area contributed by atoms with E-state index in [0.29, 0.717) is 0 Å². The first-order chi connectivity index (χ1) is 7.73. The summed E-state index contributed by atoms with van der Waals surface area (Å²) in [5.41, 5.74) is 8.13. The third-order valence-corrected chi connectivity index (χ3v) is 2.84. The predicted molar refractivity (Wildman–Crippen MR) is 70.8 cm³/mol. The predicted octanol–water partition coefficient (Wildman–Crippen LogP) is 2.07. The average Bonchev–Trinajstić information content (AvgIpc) is 2.26. The molecule has 0 aliphatic heterocycles. The van der Waals surface area contributed by atoms with E-state index in [2.05, 4.69) is 20.8 Å². The fraction of sp³-hybridized carbons (Fsp3) is 0.500. The van der Waals surface area contributed by atoms with E-state index in [9.17, 15) is 4.79 Å². The molecule has 0 bridgehead atoms. The van der Waals surface area contributed by atoms with Gasteiger partial charge in [0.15, 0.2) is 0 Å². The second-order valence-electron chi connectivity index (χ2n) is 5.58. The second-order valence-corrected chi connectivity index (χ2v) is 5.58. The Morgan fingerprint density at radius 2 is 1.65 bits per heavy atom. The van der Waals surface area contributed by atoms with Gasteiger partial charge >= 0.3 is 0 Å². The van der Waals surface area contributed by atoms with E-state index in [0.717, 1.165) is 5.56 Å². The summed E-state index contributed by atoms with van der Waals surface area (Å²) in [4.78, 5) is 13.2. The molecule has 1 rings (SSSR count). The maximum atomic E-state index is 11.7. The lowest BCUT2D eigenvalue weighted by atomic mass is 9.86. The quantitative estimate of drug-likeness (QED) is 0.851. The SMILES string of the molecule is CN(C)C(=O)[C@@H](N)c1ccc(C(C)(C)C)cc1. The minimum Gasteiger partial charge on any atom is -0.347 e. The molecule has 2 N–H and O–H groups in total. The van der Waals surface area contributed by atoms with E-state index in [1.165, 1.54) is 10.5 Å². The second kappa shape index (κ2) is 4.88. The number of benzene rings is 1. The van der Waals surface area contributed by atoms with Crippen molar-refractivity contribution >= 4 is 5.91 Å². The van der Waals surface area contributed by atoms with Crippen molar-refractivity contribution in [1.82, 2.24) is 4.90 Å². The van der Waals surface area contributed by atoms with Crippen LogP contribution in [0.2, 0.25) is 0 Å². The maximum Gasteiger partial charge on any atom is 0.243 e. The molecule has 0 spiro atoms. The molecule has 3 nitrogen and oxygen atoms in total. The average molecular weight is 234 g/mol. The number of nitrogens with zero attached hydrogens (tertiary/aromatic N) is 1. The Morgan fingerprint density at radius 1 is 1.18 bits per heavy atom. The van der Waals surface area contributed by atoms with Crippen LogP contribution in [0, 0.1) is 0 Å². The standard InChI is InChI=1S/C14H22N2O/c1-14(2,3)11-8-6-10(7-9-11)12(15)13(17)16(4)5/h6-9,12H,15H2,1-5H3/t12-/m0/s1. The Labute approximate surface area is 104 Å². The number of carbonyl (C=O) groups is 1. The topological polar surface area (TPSA) is 46.3 Å². The first-order valence-electron chi connectivity index (χ1n) is 5.80. The van der Waals surface area contributed by atoms with E-state index in [4.69, 9.17) is 5.73 Å². The molecule has 0 aliphatic carbocycles. The highest BCUT2D eigenvalue weighted by Gasteiger charge is 2.19. The molecule has 0 fully saturated rings. The largest absolute Gasteiger partial charge is 0.347 e. The summed E-state index contributed by atoms with van der Waals surface area (Å²) >= 11 is 0. The van der Waals surface area contributed by atoms with Gasteiger partial charge < -0.3 is 10.6 Å². The Bertz CT molecular complexity index is 388. The lowest BCUT2D eigenvalue weighted by molar-refractivity contribution is -0.130. The van der Waals surface area contributed by atoms with Gasteiger partial charge in [0, 0.05) is 14.1 Å². The molecule has 17 heavy (non-hydrogen) atoms. The molecule has 0 saturated heterocycles. The number of carbonyl (C=O) groups excluding carboxylic acids is 1. The van der Waals surface area contributed by atoms with Crippen LogP contribution in [0.4, 0.5) is 0 Å². The third-order valence-electron chi connectivity index (χ3n) is 2.84. The number of amides is 1. The van der Waals surface area contributed by atoms with Gasteiger partial charge in [0.1, 0.15) is 6.04 Å². The van der Waals surface area contributed by atoms with Gasteiger partial charge in [-0.1, -0.05) is 45.0 Å². The van der Waals surface area contributed by atoms with Gasteiger partial charge in [-0.15, -0.1) is 0 Å². The number of hydrogen-bond donors (Lipinski definition) is 1. The molecule has 0 unspecified atom stereocenters. The van der Waals surface area contributed by atoms with E-state index in [1.54, 1.807) is 14.1 Å². The molecule has 1 aromatic rings. The lowest BCUT2D eigenvalue weighted by Gasteiger charge is -2.21. The molecular weight excluding hydrogens is 212 g/mol. The molecule has 1 atom stereocenters. The van der Waals surface area contributed by atoms with Crippen LogP contribution < -0.4 is 5.73 Å². The van der Waals surface area contributed by atoms with Crippen molar-refractivity contribution in [3.05, 3.63) is 35.4 Å². The number of rotatable bonds is 2. The highest BCUT2D eigenvalue weighted by atomic mass is 16.2. The van der Waals surface area contributed by atoms with Gasteiger partial charge in [-0.2, -0.15) is 0 Å². The Morgan fingerprint density at radius 3 is 2.00 bits per heavy atom. The summed E-state index contributed by atoms with van der Waals surface area (Å²) < 4.78 is 0. The van der Waals surface area contributed by atoms with Crippen LogP contribution in [0.3, 0.4) is 0 Å². The monoisotopic (exact) mass is 234 g/mol. The molecule has 0 radical (unpaired) electrons. The Kier molecular flexibility index (Phi) is 3.94. The molecule has 0 aromatic heterocycles. The first-order valence-corrected chi connectivity index (χ1v) is 5.80. The Hall–Kier alpha value is -1.35. The number of nitrogens with two attached hydrogens (primary N) is 1. The fourth-order valence-corrected chi connectivity index (χ4v) is 1.61. The third kappa shape index (κ3) is 3.30. The molecule has 1 amide bonds. The van der Waals surface area contributed by atoms with Gasteiger partial charge in [-0.05, 0) is 16.5 Å².